The molecule has 58 valence electrons. The lowest BCUT2D eigenvalue weighted by atomic mass is 10.3. The third-order valence-electron chi connectivity index (χ3n) is 2.38. The summed E-state index contributed by atoms with van der Waals surface area (Å²) >= 11 is 0. The fraction of sp³-hybridized carbons (Fsp3) is 1.00. The molecule has 0 aliphatic carbocycles. The van der Waals surface area contributed by atoms with Crippen molar-refractivity contribution in [3.05, 3.63) is 0 Å². The second kappa shape index (κ2) is 2.49. The van der Waals surface area contributed by atoms with Crippen molar-refractivity contribution in [3.63, 3.8) is 0 Å². The van der Waals surface area contributed by atoms with E-state index in [1.807, 2.05) is 0 Å². The first-order valence-corrected chi connectivity index (χ1v) is 4.03. The summed E-state index contributed by atoms with van der Waals surface area (Å²) in [6.07, 6.45) is 0.689. The first kappa shape index (κ1) is 6.58. The average molecular weight is 141 g/mol. The van der Waals surface area contributed by atoms with Gasteiger partial charge in [-0.3, -0.25) is 9.80 Å². The van der Waals surface area contributed by atoms with E-state index in [1.165, 1.54) is 19.6 Å². The van der Waals surface area contributed by atoms with E-state index in [-0.39, 0.29) is 0 Å². The van der Waals surface area contributed by atoms with Gasteiger partial charge < -0.3 is 5.32 Å². The maximum absolute atomic E-state index is 3.40. The van der Waals surface area contributed by atoms with Crippen molar-refractivity contribution in [2.45, 2.75) is 6.17 Å². The van der Waals surface area contributed by atoms with Gasteiger partial charge in [-0.05, 0) is 7.05 Å². The van der Waals surface area contributed by atoms with Gasteiger partial charge >= 0.3 is 0 Å². The van der Waals surface area contributed by atoms with Crippen LogP contribution in [-0.4, -0.2) is 55.7 Å². The third kappa shape index (κ3) is 1.17. The Kier molecular flexibility index (Phi) is 1.64. The summed E-state index contributed by atoms with van der Waals surface area (Å²) in [7, 11) is 2.21. The molecular formula is C7H15N3. The van der Waals surface area contributed by atoms with Gasteiger partial charge in [-0.15, -0.1) is 0 Å². The topological polar surface area (TPSA) is 18.3 Å². The molecule has 0 bridgehead atoms. The largest absolute Gasteiger partial charge is 0.313 e. The molecule has 1 N–H and O–H groups in total. The Balaban J connectivity index is 1.90. The fourth-order valence-electron chi connectivity index (χ4n) is 1.56. The van der Waals surface area contributed by atoms with Crippen LogP contribution in [0.3, 0.4) is 0 Å². The van der Waals surface area contributed by atoms with Gasteiger partial charge in [-0.1, -0.05) is 0 Å². The van der Waals surface area contributed by atoms with Gasteiger partial charge in [0.2, 0.25) is 0 Å². The molecule has 2 aliphatic rings. The van der Waals surface area contributed by atoms with Crippen molar-refractivity contribution in [1.29, 1.82) is 0 Å². The highest BCUT2D eigenvalue weighted by molar-refractivity contribution is 4.85. The van der Waals surface area contributed by atoms with Gasteiger partial charge in [0.15, 0.2) is 0 Å². The van der Waals surface area contributed by atoms with Gasteiger partial charge in [-0.2, -0.15) is 0 Å². The van der Waals surface area contributed by atoms with Crippen molar-refractivity contribution < 1.29 is 0 Å². The predicted molar refractivity (Wildman–Crippen MR) is 40.9 cm³/mol. The Morgan fingerprint density at radius 3 is 2.70 bits per heavy atom. The minimum absolute atomic E-state index is 0.689. The maximum Gasteiger partial charge on any atom is 0.0749 e. The number of hydrogen-bond donors (Lipinski definition) is 1. The van der Waals surface area contributed by atoms with E-state index >= 15 is 0 Å². The standard InChI is InChI=1S/C7H15N3/c1-9-3-2-8-6-7(9)10-4-5-10/h7-8H,2-6H2,1H3. The highest BCUT2D eigenvalue weighted by Gasteiger charge is 2.31. The first-order chi connectivity index (χ1) is 4.88. The molecule has 0 aromatic carbocycles. The molecular weight excluding hydrogens is 126 g/mol. The monoisotopic (exact) mass is 141 g/mol. The highest BCUT2D eigenvalue weighted by Crippen LogP contribution is 2.13. The first-order valence-electron chi connectivity index (χ1n) is 4.03. The van der Waals surface area contributed by atoms with Crippen LogP contribution < -0.4 is 5.32 Å². The summed E-state index contributed by atoms with van der Waals surface area (Å²) in [5.41, 5.74) is 0. The van der Waals surface area contributed by atoms with Crippen LogP contribution >= 0.6 is 0 Å². The quantitative estimate of drug-likeness (QED) is 0.480. The SMILES string of the molecule is CN1CCNCC1N1CC1. The van der Waals surface area contributed by atoms with Crippen molar-refractivity contribution in [2.24, 2.45) is 0 Å². The van der Waals surface area contributed by atoms with E-state index < -0.39 is 0 Å². The van der Waals surface area contributed by atoms with E-state index in [9.17, 15) is 0 Å². The van der Waals surface area contributed by atoms with Gasteiger partial charge in [0.1, 0.15) is 0 Å². The molecule has 2 fully saturated rings. The van der Waals surface area contributed by atoms with Crippen LogP contribution in [0.25, 0.3) is 0 Å². The summed E-state index contributed by atoms with van der Waals surface area (Å²) < 4.78 is 0. The molecule has 0 radical (unpaired) electrons. The number of nitrogens with zero attached hydrogens (tertiary/aromatic N) is 2. The minimum Gasteiger partial charge on any atom is -0.313 e. The molecule has 2 heterocycles. The van der Waals surface area contributed by atoms with Crippen LogP contribution in [0.2, 0.25) is 0 Å². The van der Waals surface area contributed by atoms with Gasteiger partial charge in [0, 0.05) is 32.7 Å². The molecule has 2 rings (SSSR count). The van der Waals surface area contributed by atoms with Crippen molar-refractivity contribution in [1.82, 2.24) is 15.1 Å². The number of rotatable bonds is 1. The molecule has 2 saturated heterocycles. The Bertz CT molecular complexity index is 122. The fourth-order valence-corrected chi connectivity index (χ4v) is 1.56. The highest BCUT2D eigenvalue weighted by atomic mass is 15.4. The van der Waals surface area contributed by atoms with Crippen molar-refractivity contribution >= 4 is 0 Å². The predicted octanol–water partition coefficient (Wildman–Crippen LogP) is -0.837. The van der Waals surface area contributed by atoms with Crippen molar-refractivity contribution in [3.8, 4) is 0 Å². The number of piperazine rings is 1. The molecule has 1 atom stereocenters. The van der Waals surface area contributed by atoms with Gasteiger partial charge in [0.05, 0.1) is 6.17 Å². The van der Waals surface area contributed by atoms with Crippen LogP contribution in [0.1, 0.15) is 0 Å². The van der Waals surface area contributed by atoms with Crippen LogP contribution in [0.15, 0.2) is 0 Å². The molecule has 0 aromatic rings. The molecule has 0 saturated carbocycles. The Hall–Kier alpha value is -0.120. The van der Waals surface area contributed by atoms with E-state index in [4.69, 9.17) is 0 Å². The summed E-state index contributed by atoms with van der Waals surface area (Å²) in [4.78, 5) is 4.93. The summed E-state index contributed by atoms with van der Waals surface area (Å²) in [5.74, 6) is 0. The summed E-state index contributed by atoms with van der Waals surface area (Å²) in [6.45, 7) is 6.10. The molecule has 1 unspecified atom stereocenters. The van der Waals surface area contributed by atoms with E-state index in [0.717, 1.165) is 13.1 Å². The second-order valence-corrected chi connectivity index (χ2v) is 3.20. The summed E-state index contributed by atoms with van der Waals surface area (Å²) in [6, 6.07) is 0. The number of likely N-dealkylation sites (N-methyl/N-ethyl adjacent to an activating group) is 1. The lowest BCUT2D eigenvalue weighted by Crippen LogP contribution is -2.52. The minimum atomic E-state index is 0.689. The molecule has 2 aliphatic heterocycles. The molecule has 0 spiro atoms. The maximum atomic E-state index is 3.40. The Labute approximate surface area is 62.0 Å². The molecule has 0 aromatic heterocycles. The lowest BCUT2D eigenvalue weighted by Gasteiger charge is -2.33. The average Bonchev–Trinajstić information content (AvgIpc) is 2.71. The van der Waals surface area contributed by atoms with Gasteiger partial charge in [-0.25, -0.2) is 0 Å². The van der Waals surface area contributed by atoms with Crippen molar-refractivity contribution in [2.75, 3.05) is 39.8 Å². The Morgan fingerprint density at radius 2 is 2.10 bits per heavy atom. The van der Waals surface area contributed by atoms with Crippen LogP contribution in [0.4, 0.5) is 0 Å². The summed E-state index contributed by atoms with van der Waals surface area (Å²) in [5, 5.41) is 3.40. The van der Waals surface area contributed by atoms with Gasteiger partial charge in [0.25, 0.3) is 0 Å². The van der Waals surface area contributed by atoms with E-state index in [2.05, 4.69) is 22.2 Å². The molecule has 3 heteroatoms. The van der Waals surface area contributed by atoms with Crippen LogP contribution in [-0.2, 0) is 0 Å². The van der Waals surface area contributed by atoms with E-state index in [0.29, 0.717) is 6.17 Å². The number of hydrogen-bond acceptors (Lipinski definition) is 3. The molecule has 3 nitrogen and oxygen atoms in total. The zero-order chi connectivity index (χ0) is 6.97. The van der Waals surface area contributed by atoms with E-state index in [1.54, 1.807) is 0 Å². The Morgan fingerprint density at radius 1 is 1.30 bits per heavy atom. The normalized spacial score (nSPS) is 36.3. The molecule has 10 heavy (non-hydrogen) atoms. The van der Waals surface area contributed by atoms with Crippen LogP contribution in [0, 0.1) is 0 Å². The zero-order valence-corrected chi connectivity index (χ0v) is 6.51. The smallest absolute Gasteiger partial charge is 0.0749 e. The molecule has 0 amide bonds. The zero-order valence-electron chi connectivity index (χ0n) is 6.51. The van der Waals surface area contributed by atoms with Crippen LogP contribution in [0.5, 0.6) is 0 Å². The second-order valence-electron chi connectivity index (χ2n) is 3.20. The lowest BCUT2D eigenvalue weighted by molar-refractivity contribution is 0.119. The third-order valence-corrected chi connectivity index (χ3v) is 2.38. The number of nitrogens with one attached hydrogen (secondary N) is 1.